The van der Waals surface area contributed by atoms with Crippen LogP contribution in [0.25, 0.3) is 5.69 Å². The molecule has 28 heavy (non-hydrogen) atoms. The Balaban J connectivity index is 1.41. The van der Waals surface area contributed by atoms with Gasteiger partial charge in [0.1, 0.15) is 0 Å². The number of aromatic nitrogens is 1. The van der Waals surface area contributed by atoms with Crippen molar-refractivity contribution in [1.29, 1.82) is 5.26 Å². The molecule has 1 aromatic carbocycles. The SMILES string of the molecule is Cc1cc(C(=O)CN2C3CC4CC42C[C@H](O)C3)c(C)n1-c1ccc(C#N)cc1. The quantitative estimate of drug-likeness (QED) is 0.834. The first-order valence-corrected chi connectivity index (χ1v) is 10.1. The van der Waals surface area contributed by atoms with Crippen LogP contribution in [-0.2, 0) is 0 Å². The Morgan fingerprint density at radius 1 is 1.25 bits per heavy atom. The molecule has 3 unspecified atom stereocenters. The molecular formula is C23H25N3O2. The molecule has 5 heteroatoms. The second-order valence-corrected chi connectivity index (χ2v) is 8.82. The van der Waals surface area contributed by atoms with Gasteiger partial charge >= 0.3 is 0 Å². The molecule has 5 nitrogen and oxygen atoms in total. The van der Waals surface area contributed by atoms with Crippen molar-refractivity contribution in [1.82, 2.24) is 9.47 Å². The van der Waals surface area contributed by atoms with Gasteiger partial charge in [-0.2, -0.15) is 5.26 Å². The lowest BCUT2D eigenvalue weighted by atomic mass is 9.94. The molecule has 1 saturated carbocycles. The number of Topliss-reactive ketones (excluding diaryl/α,β-unsaturated/α-hetero) is 1. The number of aliphatic hydroxyl groups excluding tert-OH is 1. The summed E-state index contributed by atoms with van der Waals surface area (Å²) in [5.41, 5.74) is 4.43. The Morgan fingerprint density at radius 3 is 2.68 bits per heavy atom. The van der Waals surface area contributed by atoms with Crippen molar-refractivity contribution in [3.63, 3.8) is 0 Å². The number of nitrogens with zero attached hydrogens (tertiary/aromatic N) is 3. The average Bonchev–Trinajstić information content (AvgIpc) is 3.18. The molecule has 1 aliphatic carbocycles. The number of aliphatic hydroxyl groups is 1. The average molecular weight is 375 g/mol. The number of rotatable bonds is 4. The zero-order valence-electron chi connectivity index (χ0n) is 16.4. The number of fused-ring (bicyclic) bond motifs is 1. The molecule has 4 atom stereocenters. The highest BCUT2D eigenvalue weighted by atomic mass is 16.3. The van der Waals surface area contributed by atoms with Crippen LogP contribution in [0.4, 0.5) is 0 Å². The van der Waals surface area contributed by atoms with E-state index in [2.05, 4.69) is 15.5 Å². The normalized spacial score (nSPS) is 30.7. The first kappa shape index (κ1) is 17.7. The lowest BCUT2D eigenvalue weighted by Gasteiger charge is -2.40. The molecule has 3 aliphatic rings. The maximum absolute atomic E-state index is 13.2. The highest BCUT2D eigenvalue weighted by Crippen LogP contribution is 2.63. The molecule has 1 N–H and O–H groups in total. The van der Waals surface area contributed by atoms with E-state index >= 15 is 0 Å². The number of hydrogen-bond donors (Lipinski definition) is 1. The smallest absolute Gasteiger partial charge is 0.178 e. The van der Waals surface area contributed by atoms with E-state index in [1.165, 1.54) is 0 Å². The number of ketones is 1. The van der Waals surface area contributed by atoms with Gasteiger partial charge in [0, 0.05) is 34.2 Å². The predicted molar refractivity (Wildman–Crippen MR) is 105 cm³/mol. The van der Waals surface area contributed by atoms with Gasteiger partial charge in [-0.15, -0.1) is 0 Å². The number of carbonyl (C=O) groups is 1. The zero-order chi connectivity index (χ0) is 19.6. The predicted octanol–water partition coefficient (Wildman–Crippen LogP) is 3.14. The van der Waals surface area contributed by atoms with Crippen LogP contribution in [0, 0.1) is 31.1 Å². The Hall–Kier alpha value is -2.42. The van der Waals surface area contributed by atoms with Gasteiger partial charge in [-0.3, -0.25) is 9.69 Å². The van der Waals surface area contributed by atoms with Gasteiger partial charge in [-0.05, 0) is 75.8 Å². The fourth-order valence-electron chi connectivity index (χ4n) is 5.89. The fraction of sp³-hybridized carbons (Fsp3) is 0.478. The third kappa shape index (κ3) is 2.48. The Labute approximate surface area is 165 Å². The molecular weight excluding hydrogens is 350 g/mol. The molecule has 144 valence electrons. The number of benzene rings is 1. The van der Waals surface area contributed by atoms with Gasteiger partial charge in [0.15, 0.2) is 5.78 Å². The van der Waals surface area contributed by atoms with E-state index in [4.69, 9.17) is 5.26 Å². The minimum atomic E-state index is -0.203. The summed E-state index contributed by atoms with van der Waals surface area (Å²) >= 11 is 0. The summed E-state index contributed by atoms with van der Waals surface area (Å²) in [5, 5.41) is 19.2. The molecule has 2 aromatic rings. The molecule has 0 amide bonds. The fourth-order valence-corrected chi connectivity index (χ4v) is 5.89. The van der Waals surface area contributed by atoms with Gasteiger partial charge in [-0.25, -0.2) is 0 Å². The topological polar surface area (TPSA) is 69.3 Å². The van der Waals surface area contributed by atoms with Gasteiger partial charge in [0.25, 0.3) is 0 Å². The van der Waals surface area contributed by atoms with Crippen LogP contribution in [0.5, 0.6) is 0 Å². The van der Waals surface area contributed by atoms with Gasteiger partial charge in [-0.1, -0.05) is 0 Å². The van der Waals surface area contributed by atoms with Crippen LogP contribution in [-0.4, -0.2) is 44.6 Å². The summed E-state index contributed by atoms with van der Waals surface area (Å²) < 4.78 is 2.08. The van der Waals surface area contributed by atoms with E-state index < -0.39 is 0 Å². The van der Waals surface area contributed by atoms with E-state index in [1.807, 2.05) is 32.0 Å². The third-order valence-electron chi connectivity index (χ3n) is 7.20. The third-order valence-corrected chi connectivity index (χ3v) is 7.20. The Bertz CT molecular complexity index is 998. The van der Waals surface area contributed by atoms with E-state index in [0.29, 0.717) is 24.1 Å². The van der Waals surface area contributed by atoms with Crippen molar-refractivity contribution in [3.05, 3.63) is 52.8 Å². The maximum atomic E-state index is 13.2. The molecule has 2 aliphatic heterocycles. The van der Waals surface area contributed by atoms with Gasteiger partial charge in [0.2, 0.25) is 0 Å². The number of hydrogen-bond acceptors (Lipinski definition) is 4. The first-order chi connectivity index (χ1) is 13.4. The molecule has 1 spiro atoms. The van der Waals surface area contributed by atoms with E-state index in [1.54, 1.807) is 12.1 Å². The summed E-state index contributed by atoms with van der Waals surface area (Å²) in [4.78, 5) is 15.6. The van der Waals surface area contributed by atoms with Crippen LogP contribution in [0.2, 0.25) is 0 Å². The molecule has 0 radical (unpaired) electrons. The lowest BCUT2D eigenvalue weighted by molar-refractivity contribution is 0.0120. The number of aryl methyl sites for hydroxylation is 1. The molecule has 2 bridgehead atoms. The molecule has 1 aromatic heterocycles. The van der Waals surface area contributed by atoms with Crippen LogP contribution in [0.1, 0.15) is 53.0 Å². The van der Waals surface area contributed by atoms with Crippen molar-refractivity contribution in [2.24, 2.45) is 5.92 Å². The van der Waals surface area contributed by atoms with E-state index in [0.717, 1.165) is 48.3 Å². The van der Waals surface area contributed by atoms with Crippen LogP contribution in [0.15, 0.2) is 30.3 Å². The standard InChI is InChI=1S/C23H25N3O2/c1-14-7-21(15(2)26(14)18-5-3-16(12-24)4-6-18)22(28)13-25-19-8-17-10-23(17,25)11-20(27)9-19/h3-7,17,19-20,27H,8-11,13H2,1-2H3/t17?,19?,20-,23?/m1/s1. The summed E-state index contributed by atoms with van der Waals surface area (Å²) in [6.07, 6.45) is 3.69. The number of carbonyl (C=O) groups excluding carboxylic acids is 1. The minimum Gasteiger partial charge on any atom is -0.393 e. The molecule has 5 rings (SSSR count). The van der Waals surface area contributed by atoms with Crippen molar-refractivity contribution < 1.29 is 9.90 Å². The van der Waals surface area contributed by atoms with E-state index in [9.17, 15) is 9.90 Å². The highest BCUT2D eigenvalue weighted by molar-refractivity contribution is 5.99. The lowest BCUT2D eigenvalue weighted by Crippen LogP contribution is -2.50. The van der Waals surface area contributed by atoms with Crippen molar-refractivity contribution in [2.45, 2.75) is 57.2 Å². The van der Waals surface area contributed by atoms with Gasteiger partial charge in [0.05, 0.1) is 24.3 Å². The van der Waals surface area contributed by atoms with Crippen molar-refractivity contribution in [3.8, 4) is 11.8 Å². The van der Waals surface area contributed by atoms with Crippen molar-refractivity contribution in [2.75, 3.05) is 6.54 Å². The van der Waals surface area contributed by atoms with Crippen LogP contribution in [0.3, 0.4) is 0 Å². The molecule has 2 saturated heterocycles. The maximum Gasteiger partial charge on any atom is 0.178 e. The van der Waals surface area contributed by atoms with Gasteiger partial charge < -0.3 is 9.67 Å². The number of piperidine rings is 2. The van der Waals surface area contributed by atoms with E-state index in [-0.39, 0.29) is 17.4 Å². The van der Waals surface area contributed by atoms with Crippen molar-refractivity contribution >= 4 is 5.78 Å². The largest absolute Gasteiger partial charge is 0.393 e. The summed E-state index contributed by atoms with van der Waals surface area (Å²) in [6.45, 7) is 4.45. The zero-order valence-corrected chi connectivity index (χ0v) is 16.4. The van der Waals surface area contributed by atoms with Crippen LogP contribution < -0.4 is 0 Å². The Kier molecular flexibility index (Phi) is 3.81. The minimum absolute atomic E-state index is 0.0939. The second-order valence-electron chi connectivity index (χ2n) is 8.82. The second kappa shape index (κ2) is 6.04. The monoisotopic (exact) mass is 375 g/mol. The Morgan fingerprint density at radius 2 is 2.00 bits per heavy atom. The summed E-state index contributed by atoms with van der Waals surface area (Å²) in [5.74, 6) is 0.842. The van der Waals surface area contributed by atoms with Crippen LogP contribution >= 0.6 is 0 Å². The molecule has 3 heterocycles. The summed E-state index contributed by atoms with van der Waals surface area (Å²) in [7, 11) is 0. The molecule has 3 fully saturated rings. The first-order valence-electron chi connectivity index (χ1n) is 10.1. The number of nitriles is 1. The summed E-state index contributed by atoms with van der Waals surface area (Å²) in [6, 6.07) is 11.9. The highest BCUT2D eigenvalue weighted by Gasteiger charge is 2.67.